The van der Waals surface area contributed by atoms with Crippen LogP contribution in [0.15, 0.2) is 54.9 Å². The van der Waals surface area contributed by atoms with E-state index in [-0.39, 0.29) is 11.8 Å². The van der Waals surface area contributed by atoms with Gasteiger partial charge in [-0.05, 0) is 53.1 Å². The van der Waals surface area contributed by atoms with Crippen molar-refractivity contribution < 1.29 is 4.79 Å². The van der Waals surface area contributed by atoms with Gasteiger partial charge in [-0.1, -0.05) is 35.9 Å². The van der Waals surface area contributed by atoms with Gasteiger partial charge in [0.05, 0.1) is 17.6 Å². The van der Waals surface area contributed by atoms with E-state index in [4.69, 9.17) is 16.6 Å². The number of hydrogen-bond acceptors (Lipinski definition) is 5. The average molecular weight is 450 g/mol. The van der Waals surface area contributed by atoms with Gasteiger partial charge in [0.1, 0.15) is 12.2 Å². The highest BCUT2D eigenvalue weighted by Gasteiger charge is 2.28. The fourth-order valence-electron chi connectivity index (χ4n) is 4.42. The van der Waals surface area contributed by atoms with Crippen LogP contribution in [0.4, 0.5) is 0 Å². The van der Waals surface area contributed by atoms with Gasteiger partial charge >= 0.3 is 0 Å². The summed E-state index contributed by atoms with van der Waals surface area (Å²) in [6.07, 6.45) is 3.79. The van der Waals surface area contributed by atoms with Gasteiger partial charge in [0, 0.05) is 36.4 Å². The lowest BCUT2D eigenvalue weighted by Crippen LogP contribution is -2.39. The topological polar surface area (TPSA) is 92.6 Å². The summed E-state index contributed by atoms with van der Waals surface area (Å²) in [5, 5.41) is 12.1. The predicted molar refractivity (Wildman–Crippen MR) is 121 cm³/mol. The highest BCUT2D eigenvalue weighted by atomic mass is 35.5. The van der Waals surface area contributed by atoms with E-state index < -0.39 is 0 Å². The highest BCUT2D eigenvalue weighted by Crippen LogP contribution is 2.30. The first kappa shape index (κ1) is 20.6. The lowest BCUT2D eigenvalue weighted by molar-refractivity contribution is -0.132. The number of aromatic nitrogens is 6. The summed E-state index contributed by atoms with van der Waals surface area (Å²) >= 11 is 6.06. The molecule has 2 aromatic carbocycles. The van der Waals surface area contributed by atoms with E-state index >= 15 is 0 Å². The Morgan fingerprint density at radius 2 is 1.91 bits per heavy atom. The summed E-state index contributed by atoms with van der Waals surface area (Å²) in [6, 6.07) is 15.7. The van der Waals surface area contributed by atoms with Crippen LogP contribution >= 0.6 is 11.6 Å². The van der Waals surface area contributed by atoms with Crippen LogP contribution in [0.3, 0.4) is 0 Å². The number of para-hydroxylation sites is 2. The average Bonchev–Trinajstić information content (AvgIpc) is 3.49. The van der Waals surface area contributed by atoms with E-state index in [9.17, 15) is 4.79 Å². The Labute approximate surface area is 190 Å². The number of likely N-dealkylation sites (tertiary alicyclic amines) is 1. The number of amides is 1. The first-order valence-electron chi connectivity index (χ1n) is 10.8. The van der Waals surface area contributed by atoms with Crippen LogP contribution in [0.5, 0.6) is 0 Å². The number of rotatable bonds is 6. The summed E-state index contributed by atoms with van der Waals surface area (Å²) in [7, 11) is 0. The molecule has 4 aromatic rings. The Bertz CT molecular complexity index is 1150. The van der Waals surface area contributed by atoms with Crippen LogP contribution in [0.2, 0.25) is 5.02 Å². The molecule has 0 aliphatic carbocycles. The van der Waals surface area contributed by atoms with Crippen LogP contribution in [0, 0.1) is 0 Å². The van der Waals surface area contributed by atoms with Crippen molar-refractivity contribution in [3.8, 4) is 0 Å². The zero-order valence-corrected chi connectivity index (χ0v) is 18.3. The monoisotopic (exact) mass is 449 g/mol. The second kappa shape index (κ2) is 9.08. The molecule has 0 spiro atoms. The summed E-state index contributed by atoms with van der Waals surface area (Å²) in [6.45, 7) is 2.01. The lowest BCUT2D eigenvalue weighted by atomic mass is 9.92. The summed E-state index contributed by atoms with van der Waals surface area (Å²) in [5.74, 6) is 1.49. The number of hydrogen-bond donors (Lipinski definition) is 1. The molecular weight excluding hydrogens is 426 g/mol. The minimum absolute atomic E-state index is 0.0311. The molecular formula is C23H24ClN7O. The number of benzene rings is 2. The molecule has 0 bridgehead atoms. The van der Waals surface area contributed by atoms with Crippen molar-refractivity contribution in [3.63, 3.8) is 0 Å². The molecule has 3 heterocycles. The normalized spacial score (nSPS) is 15.8. The molecule has 1 amide bonds. The third-order valence-electron chi connectivity index (χ3n) is 6.20. The van der Waals surface area contributed by atoms with Gasteiger partial charge in [0.25, 0.3) is 0 Å². The van der Waals surface area contributed by atoms with Crippen molar-refractivity contribution in [2.24, 2.45) is 0 Å². The molecule has 0 radical (unpaired) electrons. The maximum atomic E-state index is 13.2. The Morgan fingerprint density at radius 3 is 2.62 bits per heavy atom. The summed E-state index contributed by atoms with van der Waals surface area (Å²) in [4.78, 5) is 23.3. The molecule has 1 aliphatic rings. The van der Waals surface area contributed by atoms with Crippen LogP contribution in [0.1, 0.15) is 42.5 Å². The van der Waals surface area contributed by atoms with Crippen LogP contribution in [-0.4, -0.2) is 54.1 Å². The number of carbonyl (C=O) groups is 1. The second-order valence-corrected chi connectivity index (χ2v) is 8.72. The van der Waals surface area contributed by atoms with E-state index in [1.54, 1.807) is 11.0 Å². The van der Waals surface area contributed by atoms with E-state index in [1.807, 2.05) is 53.4 Å². The Hall–Kier alpha value is -3.26. The standard InChI is InChI=1S/C23H24ClN7O/c24-19-7-5-16(6-8-19)18(14-31-15-25-28-29-31)13-22(32)30-11-9-17(10-12-30)23-26-20-3-1-2-4-21(20)27-23/h1-8,15,17-18H,9-14H2,(H,26,27). The number of nitrogens with one attached hydrogen (secondary N) is 1. The van der Waals surface area contributed by atoms with Crippen LogP contribution in [-0.2, 0) is 11.3 Å². The molecule has 8 nitrogen and oxygen atoms in total. The Balaban J connectivity index is 1.24. The number of H-pyrrole nitrogens is 1. The third kappa shape index (κ3) is 4.50. The molecule has 2 aromatic heterocycles. The maximum absolute atomic E-state index is 13.2. The van der Waals surface area contributed by atoms with Crippen molar-refractivity contribution >= 4 is 28.5 Å². The molecule has 1 unspecified atom stereocenters. The van der Waals surface area contributed by atoms with Crippen molar-refractivity contribution in [1.29, 1.82) is 0 Å². The van der Waals surface area contributed by atoms with Gasteiger partial charge in [-0.25, -0.2) is 9.67 Å². The first-order valence-corrected chi connectivity index (χ1v) is 11.2. The van der Waals surface area contributed by atoms with Gasteiger partial charge in [-0.3, -0.25) is 4.79 Å². The van der Waals surface area contributed by atoms with E-state index in [0.717, 1.165) is 48.4 Å². The lowest BCUT2D eigenvalue weighted by Gasteiger charge is -2.32. The minimum atomic E-state index is -0.0311. The zero-order valence-electron chi connectivity index (χ0n) is 17.6. The Kier molecular flexibility index (Phi) is 5.85. The molecule has 1 aliphatic heterocycles. The number of halogens is 1. The number of imidazole rings is 1. The van der Waals surface area contributed by atoms with Gasteiger partial charge < -0.3 is 9.88 Å². The van der Waals surface area contributed by atoms with E-state index in [2.05, 4.69) is 20.5 Å². The third-order valence-corrected chi connectivity index (χ3v) is 6.46. The van der Waals surface area contributed by atoms with Gasteiger partial charge in [-0.2, -0.15) is 0 Å². The summed E-state index contributed by atoms with van der Waals surface area (Å²) < 4.78 is 1.67. The fraction of sp³-hybridized carbons (Fsp3) is 0.348. The number of aromatic amines is 1. The second-order valence-electron chi connectivity index (χ2n) is 8.28. The smallest absolute Gasteiger partial charge is 0.223 e. The zero-order chi connectivity index (χ0) is 21.9. The van der Waals surface area contributed by atoms with E-state index in [1.165, 1.54) is 0 Å². The molecule has 5 rings (SSSR count). The number of tetrazole rings is 1. The molecule has 164 valence electrons. The number of nitrogens with zero attached hydrogens (tertiary/aromatic N) is 6. The van der Waals surface area contributed by atoms with Crippen molar-refractivity contribution in [2.75, 3.05) is 13.1 Å². The van der Waals surface area contributed by atoms with Crippen molar-refractivity contribution in [3.05, 3.63) is 71.3 Å². The van der Waals surface area contributed by atoms with Gasteiger partial charge in [-0.15, -0.1) is 5.10 Å². The molecule has 1 atom stereocenters. The van der Waals surface area contributed by atoms with Crippen molar-refractivity contribution in [2.45, 2.75) is 37.6 Å². The summed E-state index contributed by atoms with van der Waals surface area (Å²) in [5.41, 5.74) is 3.11. The molecule has 0 saturated carbocycles. The number of carbonyl (C=O) groups excluding carboxylic acids is 1. The highest BCUT2D eigenvalue weighted by molar-refractivity contribution is 6.30. The SMILES string of the molecule is O=C(CC(Cn1cnnn1)c1ccc(Cl)cc1)N1CCC(c2nc3ccccc3[nH]2)CC1. The van der Waals surface area contributed by atoms with Gasteiger partial charge in [0.2, 0.25) is 5.91 Å². The largest absolute Gasteiger partial charge is 0.343 e. The quantitative estimate of drug-likeness (QED) is 0.483. The molecule has 1 fully saturated rings. The van der Waals surface area contributed by atoms with Crippen LogP contribution < -0.4 is 0 Å². The van der Waals surface area contributed by atoms with Crippen LogP contribution in [0.25, 0.3) is 11.0 Å². The number of piperidine rings is 1. The van der Waals surface area contributed by atoms with Crippen molar-refractivity contribution in [1.82, 2.24) is 35.1 Å². The fourth-order valence-corrected chi connectivity index (χ4v) is 4.55. The molecule has 32 heavy (non-hydrogen) atoms. The number of fused-ring (bicyclic) bond motifs is 1. The van der Waals surface area contributed by atoms with E-state index in [0.29, 0.717) is 23.9 Å². The first-order chi connectivity index (χ1) is 15.7. The Morgan fingerprint density at radius 1 is 1.12 bits per heavy atom. The maximum Gasteiger partial charge on any atom is 0.223 e. The predicted octanol–water partition coefficient (Wildman–Crippen LogP) is 3.78. The minimum Gasteiger partial charge on any atom is -0.343 e. The molecule has 9 heteroatoms. The van der Waals surface area contributed by atoms with Gasteiger partial charge in [0.15, 0.2) is 0 Å². The molecule has 1 N–H and O–H groups in total. The molecule has 1 saturated heterocycles.